The van der Waals surface area contributed by atoms with Crippen molar-refractivity contribution in [3.8, 4) is 5.75 Å². The Morgan fingerprint density at radius 3 is 2.35 bits per heavy atom. The first-order chi connectivity index (χ1) is 7.93. The van der Waals surface area contributed by atoms with Crippen molar-refractivity contribution < 1.29 is 8.95 Å². The number of ether oxygens (including phenoxy) is 1. The van der Waals surface area contributed by atoms with Gasteiger partial charge in [0.1, 0.15) is 16.7 Å². The first-order valence-corrected chi connectivity index (χ1v) is 6.87. The summed E-state index contributed by atoms with van der Waals surface area (Å²) >= 11 is 0. The quantitative estimate of drug-likeness (QED) is 0.775. The Labute approximate surface area is 105 Å². The molecule has 0 saturated carbocycles. The smallest absolute Gasteiger partial charge is 0.118 e. The van der Waals surface area contributed by atoms with Gasteiger partial charge in [-0.15, -0.1) is 0 Å². The molecule has 3 atom stereocenters. The van der Waals surface area contributed by atoms with Crippen LogP contribution in [-0.2, 0) is 11.0 Å². The van der Waals surface area contributed by atoms with Crippen LogP contribution in [0.5, 0.6) is 5.75 Å². The van der Waals surface area contributed by atoms with E-state index in [1.165, 1.54) is 5.56 Å². The summed E-state index contributed by atoms with van der Waals surface area (Å²) in [5.41, 5.74) is 1.21. The molecule has 0 aliphatic carbocycles. The van der Waals surface area contributed by atoms with Gasteiger partial charge in [0.2, 0.25) is 0 Å². The van der Waals surface area contributed by atoms with E-state index in [2.05, 4.69) is 0 Å². The summed E-state index contributed by atoms with van der Waals surface area (Å²) in [6.07, 6.45) is 0. The fraction of sp³-hybridized carbons (Fsp3) is 0.538. The Hall–Kier alpha value is -0.870. The second-order valence-electron chi connectivity index (χ2n) is 5.25. The predicted molar refractivity (Wildman–Crippen MR) is 70.3 cm³/mol. The minimum Gasteiger partial charge on any atom is -0.497 e. The van der Waals surface area contributed by atoms with Crippen molar-refractivity contribution in [3.63, 3.8) is 0 Å². The Balaban J connectivity index is 2.05. The van der Waals surface area contributed by atoms with Crippen LogP contribution in [0.1, 0.15) is 32.4 Å². The molecule has 1 aliphatic heterocycles. The summed E-state index contributed by atoms with van der Waals surface area (Å²) in [5, 5.41) is 0. The minimum atomic E-state index is -0.914. The second kappa shape index (κ2) is 4.42. The molecule has 1 aliphatic rings. The van der Waals surface area contributed by atoms with E-state index >= 15 is 0 Å². The van der Waals surface area contributed by atoms with Gasteiger partial charge >= 0.3 is 0 Å². The van der Waals surface area contributed by atoms with E-state index in [1.807, 2.05) is 49.3 Å². The molecule has 0 aromatic heterocycles. The summed E-state index contributed by atoms with van der Waals surface area (Å²) in [5.74, 6) is 0.859. The molecular formula is C13H19NO2S. The van der Waals surface area contributed by atoms with E-state index in [0.29, 0.717) is 6.04 Å². The molecule has 0 bridgehead atoms. The van der Waals surface area contributed by atoms with Gasteiger partial charge in [-0.05, 0) is 38.5 Å². The molecule has 0 spiro atoms. The number of rotatable bonds is 3. The second-order valence-corrected chi connectivity index (χ2v) is 7.44. The Bertz CT molecular complexity index is 422. The van der Waals surface area contributed by atoms with Crippen molar-refractivity contribution in [1.29, 1.82) is 0 Å². The molecule has 1 heterocycles. The maximum Gasteiger partial charge on any atom is 0.118 e. The topological polar surface area (TPSA) is 29.3 Å². The lowest BCUT2D eigenvalue weighted by molar-refractivity contribution is 0.414. The molecular weight excluding hydrogens is 234 g/mol. The number of benzene rings is 1. The van der Waals surface area contributed by atoms with Crippen LogP contribution >= 0.6 is 0 Å². The van der Waals surface area contributed by atoms with Crippen molar-refractivity contribution in [2.24, 2.45) is 0 Å². The van der Waals surface area contributed by atoms with Gasteiger partial charge in [0, 0.05) is 6.54 Å². The SMILES string of the molecule is COc1ccc([C@@H]2CN2[S@](=O)C(C)(C)C)cc1. The highest BCUT2D eigenvalue weighted by Gasteiger charge is 2.43. The summed E-state index contributed by atoms with van der Waals surface area (Å²) in [4.78, 5) is 0. The maximum absolute atomic E-state index is 12.1. The lowest BCUT2D eigenvalue weighted by atomic mass is 10.1. The van der Waals surface area contributed by atoms with Crippen molar-refractivity contribution in [3.05, 3.63) is 29.8 Å². The van der Waals surface area contributed by atoms with Gasteiger partial charge in [-0.25, -0.2) is 8.51 Å². The fourth-order valence-electron chi connectivity index (χ4n) is 1.76. The first kappa shape index (κ1) is 12.6. The van der Waals surface area contributed by atoms with Crippen LogP contribution in [0.25, 0.3) is 0 Å². The van der Waals surface area contributed by atoms with E-state index in [4.69, 9.17) is 4.74 Å². The highest BCUT2D eigenvalue weighted by Crippen LogP contribution is 2.39. The minimum absolute atomic E-state index is 0.179. The zero-order valence-electron chi connectivity index (χ0n) is 10.8. The molecule has 94 valence electrons. The highest BCUT2D eigenvalue weighted by atomic mass is 32.2. The lowest BCUT2D eigenvalue weighted by Gasteiger charge is -2.18. The number of nitrogens with zero attached hydrogens (tertiary/aromatic N) is 1. The normalized spacial score (nSPS) is 25.4. The Morgan fingerprint density at radius 2 is 1.88 bits per heavy atom. The van der Waals surface area contributed by atoms with Crippen molar-refractivity contribution in [1.82, 2.24) is 4.31 Å². The molecule has 1 saturated heterocycles. The van der Waals surface area contributed by atoms with Gasteiger partial charge in [-0.3, -0.25) is 0 Å². The molecule has 1 aromatic rings. The molecule has 1 fully saturated rings. The third-order valence-electron chi connectivity index (χ3n) is 2.80. The van der Waals surface area contributed by atoms with Crippen LogP contribution in [0.4, 0.5) is 0 Å². The molecule has 4 heteroatoms. The van der Waals surface area contributed by atoms with E-state index < -0.39 is 11.0 Å². The van der Waals surface area contributed by atoms with Gasteiger partial charge in [-0.2, -0.15) is 0 Å². The van der Waals surface area contributed by atoms with Crippen LogP contribution in [0.15, 0.2) is 24.3 Å². The molecule has 0 amide bonds. The Kier molecular flexibility index (Phi) is 3.27. The number of hydrogen-bond donors (Lipinski definition) is 0. The summed E-state index contributed by atoms with van der Waals surface area (Å²) in [6, 6.07) is 8.30. The van der Waals surface area contributed by atoms with Gasteiger partial charge < -0.3 is 4.74 Å². The highest BCUT2D eigenvalue weighted by molar-refractivity contribution is 7.84. The number of methoxy groups -OCH3 is 1. The Morgan fingerprint density at radius 1 is 1.29 bits per heavy atom. The predicted octanol–water partition coefficient (Wildman–Crippen LogP) is 2.51. The monoisotopic (exact) mass is 253 g/mol. The molecule has 0 radical (unpaired) electrons. The lowest BCUT2D eigenvalue weighted by Crippen LogP contribution is -2.27. The molecule has 1 aromatic carbocycles. The van der Waals surface area contributed by atoms with Crippen molar-refractivity contribution in [2.45, 2.75) is 31.6 Å². The zero-order chi connectivity index (χ0) is 12.6. The maximum atomic E-state index is 12.1. The molecule has 0 N–H and O–H groups in total. The largest absolute Gasteiger partial charge is 0.497 e. The van der Waals surface area contributed by atoms with Gasteiger partial charge in [0.15, 0.2) is 0 Å². The molecule has 2 rings (SSSR count). The summed E-state index contributed by atoms with van der Waals surface area (Å²) in [6.45, 7) is 6.90. The van der Waals surface area contributed by atoms with Crippen LogP contribution in [0, 0.1) is 0 Å². The molecule has 17 heavy (non-hydrogen) atoms. The molecule has 3 nitrogen and oxygen atoms in total. The first-order valence-electron chi connectivity index (χ1n) is 5.76. The third kappa shape index (κ3) is 2.69. The van der Waals surface area contributed by atoms with E-state index in [0.717, 1.165) is 12.3 Å². The summed E-state index contributed by atoms with van der Waals surface area (Å²) < 4.78 is 19.1. The van der Waals surface area contributed by atoms with Crippen molar-refractivity contribution in [2.75, 3.05) is 13.7 Å². The standard InChI is InChI=1S/C13H19NO2S/c1-13(2,3)17(15)14-9-12(14)10-5-7-11(16-4)8-6-10/h5-8,12H,9H2,1-4H3/t12-,14?,17+/m0/s1. The van der Waals surface area contributed by atoms with E-state index in [-0.39, 0.29) is 4.75 Å². The third-order valence-corrected chi connectivity index (χ3v) is 4.68. The fourth-order valence-corrected chi connectivity index (χ4v) is 3.09. The van der Waals surface area contributed by atoms with Gasteiger partial charge in [-0.1, -0.05) is 12.1 Å². The van der Waals surface area contributed by atoms with E-state index in [9.17, 15) is 4.21 Å². The van der Waals surface area contributed by atoms with Crippen LogP contribution < -0.4 is 4.74 Å². The van der Waals surface area contributed by atoms with Crippen LogP contribution in [0.2, 0.25) is 0 Å². The molecule has 1 unspecified atom stereocenters. The van der Waals surface area contributed by atoms with Crippen LogP contribution in [-0.4, -0.2) is 26.9 Å². The number of hydrogen-bond acceptors (Lipinski definition) is 2. The average molecular weight is 253 g/mol. The van der Waals surface area contributed by atoms with Gasteiger partial charge in [0.05, 0.1) is 17.9 Å². The summed E-state index contributed by atoms with van der Waals surface area (Å²) in [7, 11) is 0.746. The van der Waals surface area contributed by atoms with Crippen molar-refractivity contribution >= 4 is 11.0 Å². The zero-order valence-corrected chi connectivity index (χ0v) is 11.6. The van der Waals surface area contributed by atoms with E-state index in [1.54, 1.807) is 7.11 Å². The van der Waals surface area contributed by atoms with Crippen LogP contribution in [0.3, 0.4) is 0 Å². The average Bonchev–Trinajstić information content (AvgIpc) is 3.07. The van der Waals surface area contributed by atoms with Gasteiger partial charge in [0.25, 0.3) is 0 Å².